The van der Waals surface area contributed by atoms with E-state index >= 15 is 0 Å². The van der Waals surface area contributed by atoms with Gasteiger partial charge in [0.25, 0.3) is 0 Å². The second-order valence-corrected chi connectivity index (χ2v) is 4.91. The molecule has 1 aromatic carbocycles. The maximum atomic E-state index is 13.2. The lowest BCUT2D eigenvalue weighted by Crippen LogP contribution is -2.12. The molecule has 0 aliphatic heterocycles. The zero-order valence-corrected chi connectivity index (χ0v) is 10.4. The molecule has 1 aliphatic rings. The monoisotopic (exact) mass is 265 g/mol. The Bertz CT molecular complexity index is 523. The molecular weight excluding hydrogens is 251 g/mol. The molecule has 0 amide bonds. The number of hydrogen-bond donors (Lipinski definition) is 0. The molecule has 0 aromatic heterocycles. The molecule has 0 atom stereocenters. The van der Waals surface area contributed by atoms with Crippen molar-refractivity contribution in [1.29, 1.82) is 5.26 Å². The van der Waals surface area contributed by atoms with E-state index in [-0.39, 0.29) is 11.8 Å². The SMILES string of the molecule is N#C/C(F)=C/[C@H]1CC[C@H](c2ccc(F)c(F)c2)CC1. The predicted molar refractivity (Wildman–Crippen MR) is 65.9 cm³/mol. The molecule has 4 heteroatoms. The number of nitriles is 1. The van der Waals surface area contributed by atoms with Crippen molar-refractivity contribution in [3.8, 4) is 6.07 Å². The van der Waals surface area contributed by atoms with Gasteiger partial charge in [-0.1, -0.05) is 6.07 Å². The van der Waals surface area contributed by atoms with Crippen LogP contribution in [0.5, 0.6) is 0 Å². The Hall–Kier alpha value is -1.76. The Morgan fingerprint density at radius 2 is 1.84 bits per heavy atom. The van der Waals surface area contributed by atoms with Crippen LogP contribution >= 0.6 is 0 Å². The molecule has 0 saturated heterocycles. The summed E-state index contributed by atoms with van der Waals surface area (Å²) in [5, 5.41) is 8.38. The number of benzene rings is 1. The van der Waals surface area contributed by atoms with Crippen LogP contribution in [0.25, 0.3) is 0 Å². The van der Waals surface area contributed by atoms with Crippen molar-refractivity contribution in [3.63, 3.8) is 0 Å². The molecule has 0 spiro atoms. The molecule has 0 bridgehead atoms. The first-order valence-electron chi connectivity index (χ1n) is 6.32. The summed E-state index contributed by atoms with van der Waals surface area (Å²) >= 11 is 0. The minimum atomic E-state index is -0.837. The molecule has 0 radical (unpaired) electrons. The molecule has 100 valence electrons. The minimum absolute atomic E-state index is 0.0706. The molecule has 1 aliphatic carbocycles. The van der Waals surface area contributed by atoms with Gasteiger partial charge in [-0.3, -0.25) is 0 Å². The fraction of sp³-hybridized carbons (Fsp3) is 0.400. The predicted octanol–water partition coefficient (Wildman–Crippen LogP) is 4.62. The molecule has 1 saturated carbocycles. The molecule has 19 heavy (non-hydrogen) atoms. The summed E-state index contributed by atoms with van der Waals surface area (Å²) in [5.41, 5.74) is 0.794. The number of hydrogen-bond acceptors (Lipinski definition) is 1. The number of halogens is 3. The van der Waals surface area contributed by atoms with Gasteiger partial charge < -0.3 is 0 Å². The van der Waals surface area contributed by atoms with Crippen LogP contribution in [0.3, 0.4) is 0 Å². The summed E-state index contributed by atoms with van der Waals surface area (Å²) in [6, 6.07) is 5.47. The quantitative estimate of drug-likeness (QED) is 0.716. The topological polar surface area (TPSA) is 23.8 Å². The molecule has 1 fully saturated rings. The second kappa shape index (κ2) is 5.92. The third-order valence-corrected chi connectivity index (χ3v) is 3.68. The van der Waals surface area contributed by atoms with Gasteiger partial charge in [-0.05, 0) is 61.3 Å². The summed E-state index contributed by atoms with van der Waals surface area (Å²) < 4.78 is 38.9. The lowest BCUT2D eigenvalue weighted by atomic mass is 9.78. The molecule has 2 rings (SSSR count). The maximum absolute atomic E-state index is 13.2. The van der Waals surface area contributed by atoms with E-state index in [1.54, 1.807) is 6.07 Å². The zero-order chi connectivity index (χ0) is 13.8. The van der Waals surface area contributed by atoms with Gasteiger partial charge in [0.2, 0.25) is 0 Å². The number of rotatable bonds is 2. The normalized spacial score (nSPS) is 24.0. The van der Waals surface area contributed by atoms with Crippen LogP contribution in [-0.4, -0.2) is 0 Å². The highest BCUT2D eigenvalue weighted by Gasteiger charge is 2.22. The van der Waals surface area contributed by atoms with E-state index < -0.39 is 17.5 Å². The average Bonchev–Trinajstić information content (AvgIpc) is 2.42. The van der Waals surface area contributed by atoms with Crippen LogP contribution in [0.15, 0.2) is 30.1 Å². The van der Waals surface area contributed by atoms with E-state index in [0.29, 0.717) is 0 Å². The van der Waals surface area contributed by atoms with Gasteiger partial charge in [0, 0.05) is 0 Å². The Labute approximate surface area is 110 Å². The van der Waals surface area contributed by atoms with E-state index in [2.05, 4.69) is 0 Å². The van der Waals surface area contributed by atoms with Gasteiger partial charge in [0.1, 0.15) is 6.07 Å². The lowest BCUT2D eigenvalue weighted by Gasteiger charge is -2.27. The van der Waals surface area contributed by atoms with Crippen molar-refractivity contribution in [1.82, 2.24) is 0 Å². The zero-order valence-electron chi connectivity index (χ0n) is 10.4. The standard InChI is InChI=1S/C15H14F3N/c16-13(9-19)7-10-1-3-11(4-2-10)12-5-6-14(17)15(18)8-12/h5-8,10-11H,1-4H2/b13-7-/t10-,11-. The molecule has 1 nitrogen and oxygen atoms in total. The highest BCUT2D eigenvalue weighted by atomic mass is 19.2. The summed E-state index contributed by atoms with van der Waals surface area (Å²) in [6.45, 7) is 0. The molecular formula is C15H14F3N. The third kappa shape index (κ3) is 3.37. The Balaban J connectivity index is 2.00. The molecule has 0 unspecified atom stereocenters. The minimum Gasteiger partial charge on any atom is -0.204 e. The van der Waals surface area contributed by atoms with Crippen LogP contribution < -0.4 is 0 Å². The van der Waals surface area contributed by atoms with E-state index in [9.17, 15) is 13.2 Å². The van der Waals surface area contributed by atoms with E-state index in [1.807, 2.05) is 0 Å². The van der Waals surface area contributed by atoms with Crippen LogP contribution in [0, 0.1) is 28.9 Å². The van der Waals surface area contributed by atoms with Gasteiger partial charge in [0.15, 0.2) is 17.5 Å². The smallest absolute Gasteiger partial charge is 0.196 e. The van der Waals surface area contributed by atoms with Gasteiger partial charge in [0.05, 0.1) is 0 Å². The molecule has 0 heterocycles. The largest absolute Gasteiger partial charge is 0.204 e. The van der Waals surface area contributed by atoms with E-state index in [1.165, 1.54) is 18.2 Å². The second-order valence-electron chi connectivity index (χ2n) is 4.91. The first-order chi connectivity index (χ1) is 9.10. The maximum Gasteiger partial charge on any atom is 0.196 e. The third-order valence-electron chi connectivity index (χ3n) is 3.68. The van der Waals surface area contributed by atoms with Gasteiger partial charge >= 0.3 is 0 Å². The van der Waals surface area contributed by atoms with Gasteiger partial charge in [-0.25, -0.2) is 8.78 Å². The van der Waals surface area contributed by atoms with Crippen molar-refractivity contribution in [2.45, 2.75) is 31.6 Å². The van der Waals surface area contributed by atoms with Crippen LogP contribution in [0.4, 0.5) is 13.2 Å². The Kier molecular flexibility index (Phi) is 4.26. The fourth-order valence-corrected chi connectivity index (χ4v) is 2.63. The molecule has 1 aromatic rings. The van der Waals surface area contributed by atoms with E-state index in [0.717, 1.165) is 37.3 Å². The van der Waals surface area contributed by atoms with E-state index in [4.69, 9.17) is 5.26 Å². The van der Waals surface area contributed by atoms with Gasteiger partial charge in [-0.2, -0.15) is 9.65 Å². The number of nitrogens with zero attached hydrogens (tertiary/aromatic N) is 1. The van der Waals surface area contributed by atoms with Crippen molar-refractivity contribution in [2.75, 3.05) is 0 Å². The lowest BCUT2D eigenvalue weighted by molar-refractivity contribution is 0.370. The summed E-state index contributed by atoms with van der Waals surface area (Å²) in [5.74, 6) is -2.14. The Morgan fingerprint density at radius 3 is 2.42 bits per heavy atom. The average molecular weight is 265 g/mol. The number of allylic oxidation sites excluding steroid dienone is 2. The summed E-state index contributed by atoms with van der Waals surface area (Å²) in [7, 11) is 0. The highest BCUT2D eigenvalue weighted by Crippen LogP contribution is 2.37. The van der Waals surface area contributed by atoms with Crippen molar-refractivity contribution >= 4 is 0 Å². The Morgan fingerprint density at radius 1 is 1.16 bits per heavy atom. The fourth-order valence-electron chi connectivity index (χ4n) is 2.63. The highest BCUT2D eigenvalue weighted by molar-refractivity contribution is 5.23. The van der Waals surface area contributed by atoms with Crippen molar-refractivity contribution < 1.29 is 13.2 Å². The van der Waals surface area contributed by atoms with Gasteiger partial charge in [-0.15, -0.1) is 0 Å². The van der Waals surface area contributed by atoms with Crippen molar-refractivity contribution in [2.24, 2.45) is 5.92 Å². The van der Waals surface area contributed by atoms with Crippen molar-refractivity contribution in [3.05, 3.63) is 47.3 Å². The summed E-state index contributed by atoms with van der Waals surface area (Å²) in [4.78, 5) is 0. The van der Waals surface area contributed by atoms with Crippen LogP contribution in [0.1, 0.15) is 37.2 Å². The first-order valence-corrected chi connectivity index (χ1v) is 6.32. The summed E-state index contributed by atoms with van der Waals surface area (Å²) in [6.07, 6.45) is 4.48. The van der Waals surface area contributed by atoms with Crippen LogP contribution in [0.2, 0.25) is 0 Å². The first kappa shape index (κ1) is 13.7. The van der Waals surface area contributed by atoms with Crippen LogP contribution in [-0.2, 0) is 0 Å². The molecule has 0 N–H and O–H groups in total.